The topological polar surface area (TPSA) is 46.6 Å². The predicted octanol–water partition coefficient (Wildman–Crippen LogP) is 4.69. The van der Waals surface area contributed by atoms with Gasteiger partial charge in [-0.15, -0.1) is 0 Å². The van der Waals surface area contributed by atoms with Crippen LogP contribution in [0, 0.1) is 0 Å². The molecule has 3 rings (SSSR count). The van der Waals surface area contributed by atoms with Crippen LogP contribution >= 0.6 is 27.7 Å². The van der Waals surface area contributed by atoms with Crippen molar-refractivity contribution in [3.63, 3.8) is 0 Å². The smallest absolute Gasteiger partial charge is 0.293 e. The van der Waals surface area contributed by atoms with Crippen LogP contribution in [0.5, 0.6) is 5.75 Å². The van der Waals surface area contributed by atoms with E-state index in [9.17, 15) is 9.59 Å². The number of carbonyl (C=O) groups is 2. The van der Waals surface area contributed by atoms with Gasteiger partial charge in [0.1, 0.15) is 12.4 Å². The molecule has 1 heterocycles. The first-order valence-corrected chi connectivity index (χ1v) is 8.83. The number of benzene rings is 2. The maximum Gasteiger partial charge on any atom is 0.293 e. The summed E-state index contributed by atoms with van der Waals surface area (Å²) in [7, 11) is 1.48. The zero-order valence-electron chi connectivity index (χ0n) is 12.9. The lowest BCUT2D eigenvalue weighted by Gasteiger charge is -2.10. The Bertz CT molecular complexity index is 817. The molecule has 1 fully saturated rings. The Hall–Kier alpha value is -2.05. The molecule has 0 aromatic heterocycles. The zero-order valence-corrected chi connectivity index (χ0v) is 15.3. The Morgan fingerprint density at radius 2 is 1.83 bits per heavy atom. The SMILES string of the molecule is CN1C(=O)S/C(=C\c2ccccc2OCc2ccc(Br)cc2)C1=O. The van der Waals surface area contributed by atoms with E-state index in [1.54, 1.807) is 6.08 Å². The summed E-state index contributed by atoms with van der Waals surface area (Å²) in [4.78, 5) is 25.1. The summed E-state index contributed by atoms with van der Waals surface area (Å²) < 4.78 is 6.90. The molecule has 0 aliphatic carbocycles. The molecule has 2 aromatic rings. The van der Waals surface area contributed by atoms with Crippen LogP contribution in [0.3, 0.4) is 0 Å². The lowest BCUT2D eigenvalue weighted by molar-refractivity contribution is -0.121. The first kappa shape index (κ1) is 16.8. The van der Waals surface area contributed by atoms with Crippen LogP contribution in [-0.2, 0) is 11.4 Å². The van der Waals surface area contributed by atoms with Gasteiger partial charge >= 0.3 is 0 Å². The van der Waals surface area contributed by atoms with Crippen LogP contribution in [0.15, 0.2) is 57.9 Å². The van der Waals surface area contributed by atoms with E-state index >= 15 is 0 Å². The third-order valence-corrected chi connectivity index (χ3v) is 4.99. The molecule has 0 unspecified atom stereocenters. The van der Waals surface area contributed by atoms with Crippen LogP contribution in [0.25, 0.3) is 6.08 Å². The van der Waals surface area contributed by atoms with E-state index in [2.05, 4.69) is 15.9 Å². The standard InChI is InChI=1S/C18H14BrNO3S/c1-20-17(21)16(24-18(20)22)10-13-4-2-3-5-15(13)23-11-12-6-8-14(19)9-7-12/h2-10H,11H2,1H3/b16-10-. The highest BCUT2D eigenvalue weighted by Crippen LogP contribution is 2.33. The maximum atomic E-state index is 12.0. The van der Waals surface area contributed by atoms with E-state index in [1.807, 2.05) is 48.5 Å². The summed E-state index contributed by atoms with van der Waals surface area (Å²) >= 11 is 4.34. The van der Waals surface area contributed by atoms with Gasteiger partial charge in [0.15, 0.2) is 0 Å². The monoisotopic (exact) mass is 403 g/mol. The summed E-state index contributed by atoms with van der Waals surface area (Å²) in [5, 5.41) is -0.264. The van der Waals surface area contributed by atoms with Gasteiger partial charge in [0.25, 0.3) is 11.1 Å². The molecule has 122 valence electrons. The average molecular weight is 404 g/mol. The molecule has 0 N–H and O–H groups in total. The van der Waals surface area contributed by atoms with Gasteiger partial charge in [0.2, 0.25) is 0 Å². The number of rotatable bonds is 4. The molecule has 0 radical (unpaired) electrons. The molecule has 1 saturated heterocycles. The minimum Gasteiger partial charge on any atom is -0.488 e. The minimum atomic E-state index is -0.285. The molecule has 0 atom stereocenters. The van der Waals surface area contributed by atoms with Crippen molar-refractivity contribution in [2.24, 2.45) is 0 Å². The number of nitrogens with zero attached hydrogens (tertiary/aromatic N) is 1. The van der Waals surface area contributed by atoms with Gasteiger partial charge in [-0.2, -0.15) is 0 Å². The molecule has 2 amide bonds. The third kappa shape index (κ3) is 3.71. The van der Waals surface area contributed by atoms with Crippen molar-refractivity contribution in [3.8, 4) is 5.75 Å². The van der Waals surface area contributed by atoms with Crippen molar-refractivity contribution in [2.75, 3.05) is 7.05 Å². The molecular formula is C18H14BrNO3S. The van der Waals surface area contributed by atoms with E-state index < -0.39 is 0 Å². The minimum absolute atomic E-state index is 0.264. The molecule has 1 aliphatic heterocycles. The number of ether oxygens (including phenoxy) is 1. The quantitative estimate of drug-likeness (QED) is 0.694. The highest BCUT2D eigenvalue weighted by atomic mass is 79.9. The largest absolute Gasteiger partial charge is 0.488 e. The Balaban J connectivity index is 1.79. The number of hydrogen-bond acceptors (Lipinski definition) is 4. The summed E-state index contributed by atoms with van der Waals surface area (Å²) in [5.74, 6) is 0.385. The van der Waals surface area contributed by atoms with E-state index in [-0.39, 0.29) is 11.1 Å². The van der Waals surface area contributed by atoms with Crippen molar-refractivity contribution >= 4 is 44.9 Å². The Morgan fingerprint density at radius 1 is 1.12 bits per heavy atom. The summed E-state index contributed by atoms with van der Waals surface area (Å²) in [6.07, 6.45) is 1.70. The molecule has 0 spiro atoms. The number of halogens is 1. The van der Waals surface area contributed by atoms with Crippen molar-refractivity contribution in [1.82, 2.24) is 4.90 Å². The molecule has 6 heteroatoms. The van der Waals surface area contributed by atoms with Gasteiger partial charge in [0.05, 0.1) is 4.91 Å². The van der Waals surface area contributed by atoms with Gasteiger partial charge in [-0.1, -0.05) is 46.3 Å². The van der Waals surface area contributed by atoms with Crippen molar-refractivity contribution in [3.05, 3.63) is 69.0 Å². The van der Waals surface area contributed by atoms with Crippen LogP contribution in [0.4, 0.5) is 4.79 Å². The fraction of sp³-hybridized carbons (Fsp3) is 0.111. The van der Waals surface area contributed by atoms with Gasteiger partial charge in [-0.05, 0) is 41.6 Å². The van der Waals surface area contributed by atoms with Crippen molar-refractivity contribution < 1.29 is 14.3 Å². The Kier molecular flexibility index (Phi) is 5.06. The number of carbonyl (C=O) groups excluding carboxylic acids is 2. The summed E-state index contributed by atoms with van der Waals surface area (Å²) in [6.45, 7) is 0.424. The number of likely N-dealkylation sites (N-methyl/N-ethyl adjacent to an activating group) is 1. The van der Waals surface area contributed by atoms with Gasteiger partial charge in [-0.3, -0.25) is 14.5 Å². The van der Waals surface area contributed by atoms with E-state index in [1.165, 1.54) is 7.05 Å². The summed E-state index contributed by atoms with van der Waals surface area (Å²) in [6, 6.07) is 15.3. The van der Waals surface area contributed by atoms with E-state index in [0.717, 1.165) is 32.3 Å². The molecule has 0 saturated carbocycles. The van der Waals surface area contributed by atoms with Crippen LogP contribution in [0.2, 0.25) is 0 Å². The Labute approximate surface area is 152 Å². The van der Waals surface area contributed by atoms with E-state index in [4.69, 9.17) is 4.74 Å². The maximum absolute atomic E-state index is 12.0. The van der Waals surface area contributed by atoms with Gasteiger partial charge in [-0.25, -0.2) is 0 Å². The fourth-order valence-electron chi connectivity index (χ4n) is 2.16. The molecule has 4 nitrogen and oxygen atoms in total. The molecule has 1 aliphatic rings. The second kappa shape index (κ2) is 7.23. The number of imide groups is 1. The zero-order chi connectivity index (χ0) is 17.1. The van der Waals surface area contributed by atoms with Gasteiger partial charge < -0.3 is 4.74 Å². The molecule has 24 heavy (non-hydrogen) atoms. The number of hydrogen-bond donors (Lipinski definition) is 0. The normalized spacial score (nSPS) is 16.1. The first-order valence-electron chi connectivity index (χ1n) is 7.22. The van der Waals surface area contributed by atoms with Crippen LogP contribution in [0.1, 0.15) is 11.1 Å². The van der Waals surface area contributed by atoms with Crippen LogP contribution < -0.4 is 4.74 Å². The second-order valence-electron chi connectivity index (χ2n) is 5.19. The highest BCUT2D eigenvalue weighted by Gasteiger charge is 2.31. The molecule has 0 bridgehead atoms. The highest BCUT2D eigenvalue weighted by molar-refractivity contribution is 9.10. The average Bonchev–Trinajstić information content (AvgIpc) is 2.82. The van der Waals surface area contributed by atoms with Crippen LogP contribution in [-0.4, -0.2) is 23.1 Å². The molecular weight excluding hydrogens is 390 g/mol. The number of thioether (sulfide) groups is 1. The number of amides is 2. The van der Waals surface area contributed by atoms with E-state index in [0.29, 0.717) is 17.3 Å². The Morgan fingerprint density at radius 3 is 2.50 bits per heavy atom. The number of para-hydroxylation sites is 1. The lowest BCUT2D eigenvalue weighted by atomic mass is 10.2. The molecule has 2 aromatic carbocycles. The third-order valence-electron chi connectivity index (χ3n) is 3.50. The first-order chi connectivity index (χ1) is 11.5. The van der Waals surface area contributed by atoms with Gasteiger partial charge in [0, 0.05) is 17.1 Å². The second-order valence-corrected chi connectivity index (χ2v) is 7.10. The van der Waals surface area contributed by atoms with Crippen molar-refractivity contribution in [2.45, 2.75) is 6.61 Å². The lowest BCUT2D eigenvalue weighted by Crippen LogP contribution is -2.22. The fourth-order valence-corrected chi connectivity index (χ4v) is 3.24. The van der Waals surface area contributed by atoms with Crippen molar-refractivity contribution in [1.29, 1.82) is 0 Å². The predicted molar refractivity (Wildman–Crippen MR) is 98.7 cm³/mol. The summed E-state index contributed by atoms with van der Waals surface area (Å²) in [5.41, 5.74) is 1.82.